The van der Waals surface area contributed by atoms with Crippen LogP contribution in [-0.4, -0.2) is 41.0 Å². The van der Waals surface area contributed by atoms with Crippen molar-refractivity contribution in [2.45, 2.75) is 37.8 Å². The van der Waals surface area contributed by atoms with Crippen molar-refractivity contribution in [1.82, 2.24) is 4.90 Å². The van der Waals surface area contributed by atoms with Gasteiger partial charge in [0, 0.05) is 28.8 Å². The Hall–Kier alpha value is -1.99. The third-order valence-electron chi connectivity index (χ3n) is 4.91. The lowest BCUT2D eigenvalue weighted by Crippen LogP contribution is -2.54. The van der Waals surface area contributed by atoms with Crippen molar-refractivity contribution in [2.24, 2.45) is 0 Å². The molecule has 1 saturated carbocycles. The number of hydrogen-bond acceptors (Lipinski definition) is 5. The smallest absolute Gasteiger partial charge is 0.270 e. The van der Waals surface area contributed by atoms with Crippen molar-refractivity contribution >= 4 is 33.0 Å². The first kappa shape index (κ1) is 15.5. The van der Waals surface area contributed by atoms with Gasteiger partial charge in [-0.05, 0) is 25.0 Å². The van der Waals surface area contributed by atoms with Gasteiger partial charge >= 0.3 is 0 Å². The second-order valence-electron chi connectivity index (χ2n) is 6.35. The highest BCUT2D eigenvalue weighted by Gasteiger charge is 2.37. The number of fused-ring (bicyclic) bond motifs is 2. The Morgan fingerprint density at radius 2 is 2.12 bits per heavy atom. The number of nitro benzene ring substituents is 1. The number of rotatable bonds is 2. The summed E-state index contributed by atoms with van der Waals surface area (Å²) in [5, 5.41) is 11.7. The average Bonchev–Trinajstić information content (AvgIpc) is 3.03. The largest absolute Gasteiger partial charge is 0.374 e. The van der Waals surface area contributed by atoms with Gasteiger partial charge in [-0.15, -0.1) is 11.3 Å². The molecule has 7 heteroatoms. The monoisotopic (exact) mass is 346 g/mol. The van der Waals surface area contributed by atoms with Gasteiger partial charge in [0.05, 0.1) is 28.6 Å². The van der Waals surface area contributed by atoms with Gasteiger partial charge < -0.3 is 9.64 Å². The molecule has 6 nitrogen and oxygen atoms in total. The molecule has 2 aromatic rings. The van der Waals surface area contributed by atoms with Crippen LogP contribution >= 0.6 is 11.3 Å². The van der Waals surface area contributed by atoms with Crippen molar-refractivity contribution in [1.29, 1.82) is 0 Å². The molecular weight excluding hydrogens is 328 g/mol. The van der Waals surface area contributed by atoms with E-state index in [0.29, 0.717) is 18.0 Å². The van der Waals surface area contributed by atoms with Crippen LogP contribution in [0, 0.1) is 10.1 Å². The number of ether oxygens (including phenoxy) is 1. The molecule has 24 heavy (non-hydrogen) atoms. The van der Waals surface area contributed by atoms with E-state index in [-0.39, 0.29) is 23.7 Å². The van der Waals surface area contributed by atoms with Crippen LogP contribution < -0.4 is 0 Å². The maximum Gasteiger partial charge on any atom is 0.270 e. The van der Waals surface area contributed by atoms with Crippen LogP contribution in [0.15, 0.2) is 24.3 Å². The predicted molar refractivity (Wildman–Crippen MR) is 91.5 cm³/mol. The highest BCUT2D eigenvalue weighted by molar-refractivity contribution is 7.20. The third kappa shape index (κ3) is 2.67. The SMILES string of the molecule is O=C(c1cc2cc([N+](=O)[O-])ccc2s1)N1CCO[C@H]2CCCC[C@@H]21. The number of hydrogen-bond donors (Lipinski definition) is 0. The topological polar surface area (TPSA) is 72.7 Å². The van der Waals surface area contributed by atoms with E-state index in [2.05, 4.69) is 0 Å². The Balaban J connectivity index is 1.63. The van der Waals surface area contributed by atoms with Gasteiger partial charge in [0.15, 0.2) is 0 Å². The Bertz CT molecular complexity index is 801. The number of carbonyl (C=O) groups is 1. The molecule has 1 saturated heterocycles. The van der Waals surface area contributed by atoms with Gasteiger partial charge in [0.2, 0.25) is 0 Å². The van der Waals surface area contributed by atoms with E-state index in [0.717, 1.165) is 35.8 Å². The first-order valence-corrected chi connectivity index (χ1v) is 9.06. The van der Waals surface area contributed by atoms with Crippen molar-refractivity contribution < 1.29 is 14.5 Å². The summed E-state index contributed by atoms with van der Waals surface area (Å²) in [5.41, 5.74) is 0.0537. The van der Waals surface area contributed by atoms with Crippen LogP contribution in [0.5, 0.6) is 0 Å². The van der Waals surface area contributed by atoms with E-state index >= 15 is 0 Å². The van der Waals surface area contributed by atoms with Crippen LogP contribution in [0.25, 0.3) is 10.1 Å². The molecule has 0 N–H and O–H groups in total. The first-order chi connectivity index (χ1) is 11.6. The summed E-state index contributed by atoms with van der Waals surface area (Å²) in [6.45, 7) is 1.21. The lowest BCUT2D eigenvalue weighted by Gasteiger charge is -2.43. The Kier molecular flexibility index (Phi) is 3.97. The molecule has 1 aliphatic carbocycles. The van der Waals surface area contributed by atoms with Gasteiger partial charge in [-0.2, -0.15) is 0 Å². The second-order valence-corrected chi connectivity index (χ2v) is 7.43. The number of nitro groups is 1. The van der Waals surface area contributed by atoms with Crippen LogP contribution in [0.3, 0.4) is 0 Å². The number of benzene rings is 1. The summed E-state index contributed by atoms with van der Waals surface area (Å²) < 4.78 is 6.73. The summed E-state index contributed by atoms with van der Waals surface area (Å²) in [5.74, 6) is 0.0269. The van der Waals surface area contributed by atoms with Crippen molar-refractivity contribution in [3.63, 3.8) is 0 Å². The molecule has 1 amide bonds. The maximum atomic E-state index is 13.0. The molecule has 2 fully saturated rings. The highest BCUT2D eigenvalue weighted by Crippen LogP contribution is 2.33. The summed E-state index contributed by atoms with van der Waals surface area (Å²) >= 11 is 1.40. The average molecular weight is 346 g/mol. The minimum Gasteiger partial charge on any atom is -0.374 e. The molecule has 0 radical (unpaired) electrons. The Labute approximate surface area is 143 Å². The zero-order valence-electron chi connectivity index (χ0n) is 13.1. The number of carbonyl (C=O) groups excluding carboxylic acids is 1. The molecule has 0 unspecified atom stereocenters. The molecular formula is C17H18N2O4S. The quantitative estimate of drug-likeness (QED) is 0.615. The number of amides is 1. The molecule has 0 bridgehead atoms. The molecule has 2 atom stereocenters. The van der Waals surface area contributed by atoms with E-state index in [1.54, 1.807) is 12.1 Å². The fraction of sp³-hybridized carbons (Fsp3) is 0.471. The van der Waals surface area contributed by atoms with Crippen molar-refractivity contribution in [3.8, 4) is 0 Å². The fourth-order valence-electron chi connectivity index (χ4n) is 3.74. The summed E-state index contributed by atoms with van der Waals surface area (Å²) in [6, 6.07) is 6.68. The normalized spacial score (nSPS) is 23.9. The van der Waals surface area contributed by atoms with Crippen LogP contribution in [0.1, 0.15) is 35.4 Å². The van der Waals surface area contributed by atoms with E-state index in [1.165, 1.54) is 23.5 Å². The number of non-ortho nitro benzene ring substituents is 1. The summed E-state index contributed by atoms with van der Waals surface area (Å²) in [7, 11) is 0. The van der Waals surface area contributed by atoms with E-state index < -0.39 is 4.92 Å². The molecule has 126 valence electrons. The Morgan fingerprint density at radius 1 is 1.29 bits per heavy atom. The minimum atomic E-state index is -0.410. The lowest BCUT2D eigenvalue weighted by molar-refractivity contribution is -0.384. The van der Waals surface area contributed by atoms with Gasteiger partial charge in [0.1, 0.15) is 0 Å². The van der Waals surface area contributed by atoms with Gasteiger partial charge in [-0.3, -0.25) is 14.9 Å². The molecule has 1 aromatic carbocycles. The molecule has 2 heterocycles. The van der Waals surface area contributed by atoms with Crippen molar-refractivity contribution in [3.05, 3.63) is 39.3 Å². The fourth-order valence-corrected chi connectivity index (χ4v) is 4.74. The summed E-state index contributed by atoms with van der Waals surface area (Å²) in [6.07, 6.45) is 4.47. The minimum absolute atomic E-state index is 0.0269. The number of nitrogens with zero attached hydrogens (tertiary/aromatic N) is 2. The molecule has 1 aliphatic heterocycles. The van der Waals surface area contributed by atoms with Crippen LogP contribution in [0.2, 0.25) is 0 Å². The lowest BCUT2D eigenvalue weighted by atomic mass is 9.90. The van der Waals surface area contributed by atoms with Gasteiger partial charge in [-0.25, -0.2) is 0 Å². The van der Waals surface area contributed by atoms with Crippen molar-refractivity contribution in [2.75, 3.05) is 13.2 Å². The highest BCUT2D eigenvalue weighted by atomic mass is 32.1. The molecule has 2 aliphatic rings. The second kappa shape index (κ2) is 6.14. The number of thiophene rings is 1. The molecule has 0 spiro atoms. The summed E-state index contributed by atoms with van der Waals surface area (Å²) in [4.78, 5) is 26.1. The third-order valence-corrected chi connectivity index (χ3v) is 6.02. The molecule has 1 aromatic heterocycles. The number of morpholine rings is 1. The zero-order chi connectivity index (χ0) is 16.7. The zero-order valence-corrected chi connectivity index (χ0v) is 14.0. The van der Waals surface area contributed by atoms with Gasteiger partial charge in [0.25, 0.3) is 11.6 Å². The van der Waals surface area contributed by atoms with E-state index in [9.17, 15) is 14.9 Å². The van der Waals surface area contributed by atoms with Crippen LogP contribution in [0.4, 0.5) is 5.69 Å². The molecule has 4 rings (SSSR count). The maximum absolute atomic E-state index is 13.0. The Morgan fingerprint density at radius 3 is 2.96 bits per heavy atom. The van der Waals surface area contributed by atoms with E-state index in [1.807, 2.05) is 4.90 Å². The van der Waals surface area contributed by atoms with E-state index in [4.69, 9.17) is 4.74 Å². The predicted octanol–water partition coefficient (Wildman–Crippen LogP) is 3.59. The first-order valence-electron chi connectivity index (χ1n) is 8.24. The standard InChI is InChI=1S/C17H18N2O4S/c20-17(18-7-8-23-14-4-2-1-3-13(14)18)16-10-11-9-12(19(21)22)5-6-15(11)24-16/h5-6,9-10,13-14H,1-4,7-8H2/t13-,14-/m0/s1. The van der Waals surface area contributed by atoms with Crippen LogP contribution in [-0.2, 0) is 4.74 Å². The van der Waals surface area contributed by atoms with Gasteiger partial charge in [-0.1, -0.05) is 12.8 Å².